The largest absolute Gasteiger partial charge is 0.481 e. The molecule has 0 radical (unpaired) electrons. The fourth-order valence-electron chi connectivity index (χ4n) is 2.66. The third-order valence-electron chi connectivity index (χ3n) is 4.25. The number of piperidine rings is 1. The first-order valence-corrected chi connectivity index (χ1v) is 7.33. The molecule has 120 valence electrons. The zero-order valence-corrected chi connectivity index (χ0v) is 12.9. The number of nitrogens with zero attached hydrogens (tertiary/aromatic N) is 2. The Morgan fingerprint density at radius 1 is 1.48 bits per heavy atom. The van der Waals surface area contributed by atoms with Crippen molar-refractivity contribution in [1.29, 1.82) is 0 Å². The van der Waals surface area contributed by atoms with E-state index in [0.29, 0.717) is 19.6 Å². The van der Waals surface area contributed by atoms with E-state index in [1.165, 1.54) is 4.90 Å². The van der Waals surface area contributed by atoms with Gasteiger partial charge in [-0.05, 0) is 32.6 Å². The maximum absolute atomic E-state index is 12.5. The van der Waals surface area contributed by atoms with Gasteiger partial charge >= 0.3 is 12.0 Å². The van der Waals surface area contributed by atoms with Gasteiger partial charge in [-0.3, -0.25) is 4.79 Å². The number of urea groups is 1. The third-order valence-corrected chi connectivity index (χ3v) is 4.25. The highest BCUT2D eigenvalue weighted by molar-refractivity contribution is 5.76. The number of aliphatic hydroxyl groups excluding tert-OH is 1. The minimum atomic E-state index is -0.848. The van der Waals surface area contributed by atoms with Crippen molar-refractivity contribution < 1.29 is 19.8 Å². The molecular formula is C15H26N2O4. The number of carbonyl (C=O) groups excluding carboxylic acids is 1. The van der Waals surface area contributed by atoms with E-state index in [2.05, 4.69) is 6.58 Å². The van der Waals surface area contributed by atoms with E-state index in [4.69, 9.17) is 5.11 Å². The van der Waals surface area contributed by atoms with Crippen molar-refractivity contribution in [3.63, 3.8) is 0 Å². The number of rotatable bonds is 6. The number of carboxylic acid groups (broad SMARTS) is 1. The number of amides is 2. The van der Waals surface area contributed by atoms with Gasteiger partial charge in [0.2, 0.25) is 0 Å². The van der Waals surface area contributed by atoms with Crippen LogP contribution in [0.4, 0.5) is 4.79 Å². The molecule has 1 fully saturated rings. The fraction of sp³-hybridized carbons (Fsp3) is 0.733. The summed E-state index contributed by atoms with van der Waals surface area (Å²) in [6.45, 7) is 8.65. The number of aliphatic carboxylic acids is 1. The Labute approximate surface area is 126 Å². The highest BCUT2D eigenvalue weighted by atomic mass is 16.4. The number of hydrogen-bond donors (Lipinski definition) is 2. The van der Waals surface area contributed by atoms with Crippen molar-refractivity contribution in [2.45, 2.75) is 26.7 Å². The third kappa shape index (κ3) is 4.20. The maximum Gasteiger partial charge on any atom is 0.320 e. The van der Waals surface area contributed by atoms with Gasteiger partial charge in [0, 0.05) is 26.2 Å². The molecule has 0 aromatic rings. The van der Waals surface area contributed by atoms with Gasteiger partial charge in [0.05, 0.1) is 12.0 Å². The Morgan fingerprint density at radius 2 is 2.14 bits per heavy atom. The second-order valence-corrected chi connectivity index (χ2v) is 6.05. The molecule has 1 atom stereocenters. The summed E-state index contributed by atoms with van der Waals surface area (Å²) in [7, 11) is 0. The number of carbonyl (C=O) groups is 2. The summed E-state index contributed by atoms with van der Waals surface area (Å²) in [5.74, 6) is -0.896. The van der Waals surface area contributed by atoms with Crippen LogP contribution in [-0.4, -0.2) is 64.8 Å². The molecule has 0 saturated carbocycles. The molecule has 0 aliphatic carbocycles. The van der Waals surface area contributed by atoms with Gasteiger partial charge in [-0.15, -0.1) is 6.58 Å². The van der Waals surface area contributed by atoms with Gasteiger partial charge in [-0.2, -0.15) is 0 Å². The van der Waals surface area contributed by atoms with Gasteiger partial charge in [0.15, 0.2) is 0 Å². The number of aliphatic hydroxyl groups is 1. The molecule has 2 amide bonds. The highest BCUT2D eigenvalue weighted by Crippen LogP contribution is 2.34. The fourth-order valence-corrected chi connectivity index (χ4v) is 2.66. The number of likely N-dealkylation sites (tertiary alicyclic amines) is 1. The smallest absolute Gasteiger partial charge is 0.320 e. The van der Waals surface area contributed by atoms with Crippen LogP contribution in [0.15, 0.2) is 12.7 Å². The molecule has 6 nitrogen and oxygen atoms in total. The summed E-state index contributed by atoms with van der Waals surface area (Å²) in [4.78, 5) is 27.1. The Kier molecular flexibility index (Phi) is 6.20. The second-order valence-electron chi connectivity index (χ2n) is 6.05. The zero-order valence-electron chi connectivity index (χ0n) is 12.9. The molecule has 0 aromatic carbocycles. The molecule has 0 bridgehead atoms. The molecule has 1 aliphatic heterocycles. The molecule has 0 aromatic heterocycles. The van der Waals surface area contributed by atoms with E-state index in [0.717, 1.165) is 12.8 Å². The van der Waals surface area contributed by atoms with Crippen LogP contribution in [0.5, 0.6) is 0 Å². The predicted octanol–water partition coefficient (Wildman–Crippen LogP) is 1.41. The van der Waals surface area contributed by atoms with Crippen LogP contribution in [0, 0.1) is 11.3 Å². The van der Waals surface area contributed by atoms with Crippen LogP contribution in [-0.2, 0) is 4.79 Å². The van der Waals surface area contributed by atoms with E-state index in [1.807, 2.05) is 0 Å². The zero-order chi connectivity index (χ0) is 16.0. The molecule has 1 rings (SSSR count). The monoisotopic (exact) mass is 298 g/mol. The Morgan fingerprint density at radius 3 is 2.67 bits per heavy atom. The SMILES string of the molecule is C=CCN(CCO)C(=O)N1CCCC(C(C)(C)C(=O)O)C1. The van der Waals surface area contributed by atoms with Gasteiger partial charge < -0.3 is 20.0 Å². The average Bonchev–Trinajstić information content (AvgIpc) is 2.46. The van der Waals surface area contributed by atoms with Crippen molar-refractivity contribution >= 4 is 12.0 Å². The van der Waals surface area contributed by atoms with Crippen molar-refractivity contribution in [1.82, 2.24) is 9.80 Å². The summed E-state index contributed by atoms with van der Waals surface area (Å²) in [6.07, 6.45) is 3.23. The van der Waals surface area contributed by atoms with Crippen LogP contribution in [0.25, 0.3) is 0 Å². The number of hydrogen-bond acceptors (Lipinski definition) is 3. The minimum Gasteiger partial charge on any atom is -0.481 e. The Bertz CT molecular complexity index is 395. The first kappa shape index (κ1) is 17.5. The highest BCUT2D eigenvalue weighted by Gasteiger charge is 2.40. The van der Waals surface area contributed by atoms with Crippen LogP contribution < -0.4 is 0 Å². The molecule has 1 unspecified atom stereocenters. The lowest BCUT2D eigenvalue weighted by atomic mass is 9.74. The molecule has 1 saturated heterocycles. The normalized spacial score (nSPS) is 19.2. The predicted molar refractivity (Wildman–Crippen MR) is 80.0 cm³/mol. The van der Waals surface area contributed by atoms with Crippen LogP contribution in [0.2, 0.25) is 0 Å². The molecule has 0 spiro atoms. The summed E-state index contributed by atoms with van der Waals surface area (Å²) < 4.78 is 0. The minimum absolute atomic E-state index is 0.0626. The van der Waals surface area contributed by atoms with Crippen molar-refractivity contribution in [3.05, 3.63) is 12.7 Å². The van der Waals surface area contributed by atoms with E-state index in [1.54, 1.807) is 24.8 Å². The topological polar surface area (TPSA) is 81.1 Å². The van der Waals surface area contributed by atoms with E-state index >= 15 is 0 Å². The first-order valence-electron chi connectivity index (χ1n) is 7.33. The summed E-state index contributed by atoms with van der Waals surface area (Å²) >= 11 is 0. The van der Waals surface area contributed by atoms with E-state index in [-0.39, 0.29) is 25.1 Å². The summed E-state index contributed by atoms with van der Waals surface area (Å²) in [5.41, 5.74) is -0.848. The second kappa shape index (κ2) is 7.45. The molecular weight excluding hydrogens is 272 g/mol. The van der Waals surface area contributed by atoms with E-state index in [9.17, 15) is 14.7 Å². The van der Waals surface area contributed by atoms with Crippen LogP contribution in [0.1, 0.15) is 26.7 Å². The average molecular weight is 298 g/mol. The molecule has 1 aliphatic rings. The summed E-state index contributed by atoms with van der Waals surface area (Å²) in [5, 5.41) is 18.4. The summed E-state index contributed by atoms with van der Waals surface area (Å²) in [6, 6.07) is -0.158. The Hall–Kier alpha value is -1.56. The lowest BCUT2D eigenvalue weighted by Gasteiger charge is -2.40. The van der Waals surface area contributed by atoms with Gasteiger partial charge in [-0.25, -0.2) is 4.79 Å². The van der Waals surface area contributed by atoms with Crippen molar-refractivity contribution in [3.8, 4) is 0 Å². The molecule has 6 heteroatoms. The quantitative estimate of drug-likeness (QED) is 0.727. The van der Waals surface area contributed by atoms with Crippen LogP contribution in [0.3, 0.4) is 0 Å². The lowest BCUT2D eigenvalue weighted by molar-refractivity contribution is -0.151. The van der Waals surface area contributed by atoms with Crippen molar-refractivity contribution in [2.75, 3.05) is 32.8 Å². The lowest BCUT2D eigenvalue weighted by Crippen LogP contribution is -2.51. The van der Waals surface area contributed by atoms with Crippen molar-refractivity contribution in [2.24, 2.45) is 11.3 Å². The standard InChI is InChI=1S/C15H26N2O4/c1-4-7-16(9-10-18)14(21)17-8-5-6-12(11-17)15(2,3)13(19)20/h4,12,18H,1,5-11H2,2-3H3,(H,19,20). The van der Waals surface area contributed by atoms with Gasteiger partial charge in [0.1, 0.15) is 0 Å². The Balaban J connectivity index is 2.77. The van der Waals surface area contributed by atoms with E-state index < -0.39 is 11.4 Å². The molecule has 1 heterocycles. The molecule has 2 N–H and O–H groups in total. The van der Waals surface area contributed by atoms with Gasteiger partial charge in [-0.1, -0.05) is 6.08 Å². The molecule has 21 heavy (non-hydrogen) atoms. The number of carboxylic acids is 1. The van der Waals surface area contributed by atoms with Gasteiger partial charge in [0.25, 0.3) is 0 Å². The maximum atomic E-state index is 12.5. The first-order chi connectivity index (χ1) is 9.84. The van der Waals surface area contributed by atoms with Crippen LogP contribution >= 0.6 is 0 Å².